The van der Waals surface area contributed by atoms with Crippen molar-refractivity contribution >= 4 is 37.4 Å². The molecule has 0 N–H and O–H groups in total. The van der Waals surface area contributed by atoms with Gasteiger partial charge in [0.05, 0.1) is 5.52 Å². The van der Waals surface area contributed by atoms with Crippen molar-refractivity contribution in [1.82, 2.24) is 24.6 Å². The standard InChI is InChI=1S/C25H15F4N5OS/c1-13-10-18(25(27,28)29)31-24-19(13)20-21(36-24)23-32-22(33-34(23)12-30-20)15-4-2-14(3-5-15)11-35-17-8-6-16(26)7-9-17/h2-10,12H,11H2,1H3. The zero-order valence-corrected chi connectivity index (χ0v) is 19.4. The molecule has 0 radical (unpaired) electrons. The lowest BCUT2D eigenvalue weighted by atomic mass is 10.1. The summed E-state index contributed by atoms with van der Waals surface area (Å²) in [5, 5.41) is 5.08. The minimum Gasteiger partial charge on any atom is -0.489 e. The van der Waals surface area contributed by atoms with E-state index >= 15 is 0 Å². The molecule has 0 aliphatic carbocycles. The Morgan fingerprint density at radius 2 is 1.75 bits per heavy atom. The lowest BCUT2D eigenvalue weighted by Gasteiger charge is -2.06. The van der Waals surface area contributed by atoms with Gasteiger partial charge in [-0.05, 0) is 48.4 Å². The van der Waals surface area contributed by atoms with Crippen LogP contribution >= 0.6 is 11.3 Å². The Balaban J connectivity index is 1.33. The minimum atomic E-state index is -4.53. The molecular weight excluding hydrogens is 494 g/mol. The van der Waals surface area contributed by atoms with Crippen molar-refractivity contribution in [3.63, 3.8) is 0 Å². The number of alkyl halides is 3. The molecule has 0 atom stereocenters. The highest BCUT2D eigenvalue weighted by Gasteiger charge is 2.33. The van der Waals surface area contributed by atoms with Crippen molar-refractivity contribution in [2.24, 2.45) is 0 Å². The van der Waals surface area contributed by atoms with Crippen molar-refractivity contribution in [3.05, 3.63) is 83.6 Å². The Hall–Kier alpha value is -4.12. The number of thiophene rings is 1. The molecule has 2 aromatic carbocycles. The fraction of sp³-hybridized carbons (Fsp3) is 0.120. The summed E-state index contributed by atoms with van der Waals surface area (Å²) in [6.07, 6.45) is -3.03. The summed E-state index contributed by atoms with van der Waals surface area (Å²) >= 11 is 1.11. The molecule has 0 aliphatic heterocycles. The Morgan fingerprint density at radius 3 is 2.47 bits per heavy atom. The third-order valence-electron chi connectivity index (χ3n) is 5.69. The van der Waals surface area contributed by atoms with Gasteiger partial charge < -0.3 is 4.74 Å². The van der Waals surface area contributed by atoms with Crippen LogP contribution < -0.4 is 4.74 Å². The number of hydrogen-bond acceptors (Lipinski definition) is 6. The van der Waals surface area contributed by atoms with Crippen LogP contribution in [-0.2, 0) is 12.8 Å². The maximum absolute atomic E-state index is 13.3. The number of nitrogens with zero attached hydrogens (tertiary/aromatic N) is 5. The number of fused-ring (bicyclic) bond motifs is 5. The summed E-state index contributed by atoms with van der Waals surface area (Å²) < 4.78 is 60.6. The number of aromatic nitrogens is 5. The Morgan fingerprint density at radius 1 is 1.00 bits per heavy atom. The molecule has 0 amide bonds. The van der Waals surface area contributed by atoms with E-state index in [0.29, 0.717) is 45.0 Å². The summed E-state index contributed by atoms with van der Waals surface area (Å²) in [5.74, 6) is 0.690. The highest BCUT2D eigenvalue weighted by molar-refractivity contribution is 7.26. The van der Waals surface area contributed by atoms with E-state index in [2.05, 4.69) is 20.1 Å². The molecule has 4 heterocycles. The van der Waals surface area contributed by atoms with Crippen molar-refractivity contribution in [2.45, 2.75) is 19.7 Å². The largest absolute Gasteiger partial charge is 0.489 e. The van der Waals surface area contributed by atoms with Gasteiger partial charge in [0, 0.05) is 10.9 Å². The van der Waals surface area contributed by atoms with E-state index in [0.717, 1.165) is 28.5 Å². The molecule has 0 saturated carbocycles. The number of halogens is 4. The SMILES string of the molecule is Cc1cc(C(F)(F)F)nc2sc3c(ncn4nc(-c5ccc(COc6ccc(F)cc6)cc5)nc34)c12. The maximum atomic E-state index is 13.3. The van der Waals surface area contributed by atoms with Gasteiger partial charge in [-0.15, -0.1) is 16.4 Å². The van der Waals surface area contributed by atoms with Crippen LogP contribution in [0, 0.1) is 12.7 Å². The first-order chi connectivity index (χ1) is 17.3. The monoisotopic (exact) mass is 509 g/mol. The van der Waals surface area contributed by atoms with Crippen LogP contribution in [-0.4, -0.2) is 24.6 Å². The van der Waals surface area contributed by atoms with Crippen molar-refractivity contribution in [3.8, 4) is 17.1 Å². The van der Waals surface area contributed by atoms with Crippen LogP contribution in [0.25, 0.3) is 37.5 Å². The minimum absolute atomic E-state index is 0.257. The number of benzene rings is 2. The van der Waals surface area contributed by atoms with E-state index in [-0.39, 0.29) is 10.6 Å². The second-order valence-electron chi connectivity index (χ2n) is 8.17. The van der Waals surface area contributed by atoms with Gasteiger partial charge in [0.15, 0.2) is 11.5 Å². The fourth-order valence-electron chi connectivity index (χ4n) is 3.92. The average molecular weight is 509 g/mol. The first-order valence-corrected chi connectivity index (χ1v) is 11.6. The fourth-order valence-corrected chi connectivity index (χ4v) is 5.10. The molecule has 180 valence electrons. The van der Waals surface area contributed by atoms with Crippen molar-refractivity contribution in [2.75, 3.05) is 0 Å². The number of rotatable bonds is 4. The van der Waals surface area contributed by atoms with E-state index < -0.39 is 11.9 Å². The molecule has 6 rings (SSSR count). The number of hydrogen-bond donors (Lipinski definition) is 0. The normalized spacial score (nSPS) is 12.1. The van der Waals surface area contributed by atoms with Crippen LogP contribution in [0.15, 0.2) is 60.9 Å². The van der Waals surface area contributed by atoms with Crippen molar-refractivity contribution < 1.29 is 22.3 Å². The first-order valence-electron chi connectivity index (χ1n) is 10.8. The molecule has 11 heteroatoms. The topological polar surface area (TPSA) is 65.2 Å². The summed E-state index contributed by atoms with van der Waals surface area (Å²) in [4.78, 5) is 13.2. The van der Waals surface area contributed by atoms with Gasteiger partial charge >= 0.3 is 6.18 Å². The lowest BCUT2D eigenvalue weighted by molar-refractivity contribution is -0.141. The summed E-state index contributed by atoms with van der Waals surface area (Å²) in [7, 11) is 0. The number of pyridine rings is 1. The van der Waals surface area contributed by atoms with Gasteiger partial charge in [-0.3, -0.25) is 0 Å². The Kier molecular flexibility index (Phi) is 5.11. The molecule has 0 aliphatic rings. The molecular formula is C25H15F4N5OS. The zero-order chi connectivity index (χ0) is 25.0. The average Bonchev–Trinajstić information content (AvgIpc) is 3.45. The van der Waals surface area contributed by atoms with Gasteiger partial charge in [0.2, 0.25) is 0 Å². The predicted octanol–water partition coefficient (Wildman–Crippen LogP) is 6.60. The predicted molar refractivity (Wildman–Crippen MR) is 127 cm³/mol. The molecule has 0 spiro atoms. The molecule has 36 heavy (non-hydrogen) atoms. The molecule has 0 fully saturated rings. The Labute approximate surface area is 204 Å². The highest BCUT2D eigenvalue weighted by atomic mass is 32.1. The number of aryl methyl sites for hydroxylation is 1. The van der Waals surface area contributed by atoms with E-state index in [1.807, 2.05) is 24.3 Å². The van der Waals surface area contributed by atoms with Gasteiger partial charge in [-0.2, -0.15) is 13.2 Å². The summed E-state index contributed by atoms with van der Waals surface area (Å²) in [6, 6.07) is 14.3. The van der Waals surface area contributed by atoms with E-state index in [1.54, 1.807) is 19.1 Å². The quantitative estimate of drug-likeness (QED) is 0.251. The maximum Gasteiger partial charge on any atom is 0.433 e. The lowest BCUT2D eigenvalue weighted by Crippen LogP contribution is -2.07. The summed E-state index contributed by atoms with van der Waals surface area (Å²) in [6.45, 7) is 1.93. The molecule has 0 unspecified atom stereocenters. The van der Waals surface area contributed by atoms with E-state index in [1.165, 1.54) is 23.0 Å². The van der Waals surface area contributed by atoms with Crippen LogP contribution in [0.3, 0.4) is 0 Å². The van der Waals surface area contributed by atoms with Crippen LogP contribution in [0.4, 0.5) is 17.6 Å². The van der Waals surface area contributed by atoms with Gasteiger partial charge in [-0.25, -0.2) is 23.9 Å². The highest BCUT2D eigenvalue weighted by Crippen LogP contribution is 2.38. The van der Waals surface area contributed by atoms with E-state index in [9.17, 15) is 17.6 Å². The zero-order valence-electron chi connectivity index (χ0n) is 18.5. The molecule has 6 aromatic rings. The van der Waals surface area contributed by atoms with Gasteiger partial charge in [0.25, 0.3) is 0 Å². The molecule has 0 saturated heterocycles. The Bertz CT molecular complexity index is 1740. The van der Waals surface area contributed by atoms with Crippen LogP contribution in [0.1, 0.15) is 16.8 Å². The van der Waals surface area contributed by atoms with Crippen LogP contribution in [0.2, 0.25) is 0 Å². The van der Waals surface area contributed by atoms with Crippen molar-refractivity contribution in [1.29, 1.82) is 0 Å². The molecule has 4 aromatic heterocycles. The second-order valence-corrected chi connectivity index (χ2v) is 9.17. The molecule has 0 bridgehead atoms. The third-order valence-corrected chi connectivity index (χ3v) is 6.76. The summed E-state index contributed by atoms with van der Waals surface area (Å²) in [5.41, 5.74) is 2.23. The van der Waals surface area contributed by atoms with Gasteiger partial charge in [0.1, 0.15) is 39.7 Å². The number of ether oxygens (including phenoxy) is 1. The molecule has 6 nitrogen and oxygen atoms in total. The second kappa shape index (κ2) is 8.23. The van der Waals surface area contributed by atoms with Crippen LogP contribution in [0.5, 0.6) is 5.75 Å². The third kappa shape index (κ3) is 3.91. The first kappa shape index (κ1) is 22.4. The smallest absolute Gasteiger partial charge is 0.433 e. The van der Waals surface area contributed by atoms with E-state index in [4.69, 9.17) is 4.74 Å². The van der Waals surface area contributed by atoms with Gasteiger partial charge in [-0.1, -0.05) is 24.3 Å².